The molecule has 3 heteroatoms. The molecule has 1 rings (SSSR count). The van der Waals surface area contributed by atoms with Gasteiger partial charge in [0.15, 0.2) is 0 Å². The van der Waals surface area contributed by atoms with Crippen LogP contribution in [0.15, 0.2) is 12.1 Å². The van der Waals surface area contributed by atoms with Gasteiger partial charge in [0.2, 0.25) is 0 Å². The van der Waals surface area contributed by atoms with E-state index in [0.29, 0.717) is 5.56 Å². The minimum atomic E-state index is -0.690. The summed E-state index contributed by atoms with van der Waals surface area (Å²) in [6, 6.07) is 1.95. The zero-order valence-corrected chi connectivity index (χ0v) is 6.06. The highest BCUT2D eigenvalue weighted by Crippen LogP contribution is 2.14. The fourth-order valence-corrected chi connectivity index (χ4v) is 0.932. The molecular formula is C8H8F2O. The van der Waals surface area contributed by atoms with Crippen LogP contribution in [-0.2, 0) is 6.61 Å². The van der Waals surface area contributed by atoms with Crippen LogP contribution in [0.5, 0.6) is 0 Å². The average molecular weight is 158 g/mol. The summed E-state index contributed by atoms with van der Waals surface area (Å²) < 4.78 is 25.1. The second kappa shape index (κ2) is 2.96. The first-order valence-electron chi connectivity index (χ1n) is 3.20. The lowest BCUT2D eigenvalue weighted by Crippen LogP contribution is -1.95. The molecule has 0 spiro atoms. The molecule has 1 aromatic carbocycles. The summed E-state index contributed by atoms with van der Waals surface area (Å²) in [5.41, 5.74) is 0.594. The van der Waals surface area contributed by atoms with Gasteiger partial charge < -0.3 is 5.11 Å². The molecule has 0 unspecified atom stereocenters. The standard InChI is InChI=1S/C8H8F2O/c1-5-2-6(9)3-8(10)7(5)4-11/h2-3,11H,4H2,1H3. The van der Waals surface area contributed by atoms with E-state index in [9.17, 15) is 8.78 Å². The summed E-state index contributed by atoms with van der Waals surface area (Å²) in [4.78, 5) is 0. The van der Waals surface area contributed by atoms with Crippen molar-refractivity contribution in [2.24, 2.45) is 0 Å². The van der Waals surface area contributed by atoms with Gasteiger partial charge in [-0.2, -0.15) is 0 Å². The lowest BCUT2D eigenvalue weighted by atomic mass is 10.1. The molecule has 0 bridgehead atoms. The predicted octanol–water partition coefficient (Wildman–Crippen LogP) is 1.77. The Morgan fingerprint density at radius 1 is 1.36 bits per heavy atom. The molecule has 1 aromatic rings. The summed E-state index contributed by atoms with van der Waals surface area (Å²) in [5.74, 6) is -1.30. The third-order valence-corrected chi connectivity index (χ3v) is 1.54. The number of rotatable bonds is 1. The number of halogens is 2. The third kappa shape index (κ3) is 1.54. The Balaban J connectivity index is 3.25. The van der Waals surface area contributed by atoms with Crippen LogP contribution in [0.4, 0.5) is 8.78 Å². The summed E-state index contributed by atoms with van der Waals surface area (Å²) in [5, 5.41) is 8.63. The normalized spacial score (nSPS) is 10.2. The summed E-state index contributed by atoms with van der Waals surface area (Å²) in [6.45, 7) is 1.16. The molecule has 1 N–H and O–H groups in total. The van der Waals surface area contributed by atoms with Crippen LogP contribution in [-0.4, -0.2) is 5.11 Å². The SMILES string of the molecule is Cc1cc(F)cc(F)c1CO. The van der Waals surface area contributed by atoms with Crippen molar-refractivity contribution in [2.45, 2.75) is 13.5 Å². The van der Waals surface area contributed by atoms with Gasteiger partial charge in [0.25, 0.3) is 0 Å². The van der Waals surface area contributed by atoms with E-state index >= 15 is 0 Å². The Bertz CT molecular complexity index is 248. The van der Waals surface area contributed by atoms with Crippen LogP contribution in [0.3, 0.4) is 0 Å². The second-order valence-electron chi connectivity index (χ2n) is 2.34. The highest BCUT2D eigenvalue weighted by Gasteiger charge is 2.05. The molecule has 0 aromatic heterocycles. The van der Waals surface area contributed by atoms with Gasteiger partial charge in [0.1, 0.15) is 11.6 Å². The first-order valence-corrected chi connectivity index (χ1v) is 3.20. The van der Waals surface area contributed by atoms with Gasteiger partial charge in [-0.05, 0) is 18.6 Å². The summed E-state index contributed by atoms with van der Waals surface area (Å²) in [6.07, 6.45) is 0. The molecule has 0 heterocycles. The fraction of sp³-hybridized carbons (Fsp3) is 0.250. The van der Waals surface area contributed by atoms with E-state index in [0.717, 1.165) is 6.07 Å². The Morgan fingerprint density at radius 3 is 2.45 bits per heavy atom. The Hall–Kier alpha value is -0.960. The number of benzene rings is 1. The maximum atomic E-state index is 12.7. The molecule has 0 aliphatic rings. The summed E-state index contributed by atoms with van der Waals surface area (Å²) >= 11 is 0. The van der Waals surface area contributed by atoms with Gasteiger partial charge in [0, 0.05) is 11.6 Å². The van der Waals surface area contributed by atoms with Crippen molar-refractivity contribution >= 4 is 0 Å². The van der Waals surface area contributed by atoms with Crippen molar-refractivity contribution in [3.63, 3.8) is 0 Å². The van der Waals surface area contributed by atoms with Crippen molar-refractivity contribution in [1.29, 1.82) is 0 Å². The highest BCUT2D eigenvalue weighted by atomic mass is 19.1. The lowest BCUT2D eigenvalue weighted by Gasteiger charge is -2.02. The molecule has 0 fully saturated rings. The van der Waals surface area contributed by atoms with Crippen LogP contribution in [0.1, 0.15) is 11.1 Å². The Labute approximate surface area is 63.3 Å². The zero-order valence-electron chi connectivity index (χ0n) is 6.06. The molecule has 60 valence electrons. The number of hydrogen-bond donors (Lipinski definition) is 1. The van der Waals surface area contributed by atoms with E-state index in [1.54, 1.807) is 6.92 Å². The van der Waals surface area contributed by atoms with E-state index in [1.165, 1.54) is 6.07 Å². The Morgan fingerprint density at radius 2 is 2.00 bits per heavy atom. The minimum absolute atomic E-state index is 0.159. The smallest absolute Gasteiger partial charge is 0.131 e. The van der Waals surface area contributed by atoms with Crippen molar-refractivity contribution in [1.82, 2.24) is 0 Å². The molecule has 0 saturated heterocycles. The maximum Gasteiger partial charge on any atom is 0.131 e. The predicted molar refractivity (Wildman–Crippen MR) is 37.0 cm³/mol. The van der Waals surface area contributed by atoms with Crippen molar-refractivity contribution in [3.8, 4) is 0 Å². The first-order chi connectivity index (χ1) is 5.15. The van der Waals surface area contributed by atoms with E-state index in [2.05, 4.69) is 0 Å². The molecule has 0 aliphatic heterocycles. The van der Waals surface area contributed by atoms with Crippen molar-refractivity contribution in [2.75, 3.05) is 0 Å². The van der Waals surface area contributed by atoms with Crippen LogP contribution in [0.2, 0.25) is 0 Å². The van der Waals surface area contributed by atoms with Crippen LogP contribution >= 0.6 is 0 Å². The molecule has 0 aliphatic carbocycles. The molecule has 1 nitrogen and oxygen atoms in total. The second-order valence-corrected chi connectivity index (χ2v) is 2.34. The van der Waals surface area contributed by atoms with E-state index in [1.807, 2.05) is 0 Å². The average Bonchev–Trinajstić information content (AvgIpc) is 1.85. The van der Waals surface area contributed by atoms with Crippen LogP contribution < -0.4 is 0 Å². The topological polar surface area (TPSA) is 20.2 Å². The quantitative estimate of drug-likeness (QED) is 0.660. The van der Waals surface area contributed by atoms with Gasteiger partial charge in [-0.15, -0.1) is 0 Å². The van der Waals surface area contributed by atoms with Gasteiger partial charge in [0.05, 0.1) is 6.61 Å². The molecule has 0 amide bonds. The fourth-order valence-electron chi connectivity index (χ4n) is 0.932. The number of hydrogen-bond acceptors (Lipinski definition) is 1. The highest BCUT2D eigenvalue weighted by molar-refractivity contribution is 5.27. The van der Waals surface area contributed by atoms with Gasteiger partial charge in [-0.25, -0.2) is 8.78 Å². The zero-order chi connectivity index (χ0) is 8.43. The maximum absolute atomic E-state index is 12.7. The van der Waals surface area contributed by atoms with Crippen LogP contribution in [0.25, 0.3) is 0 Å². The molecule has 0 radical (unpaired) electrons. The van der Waals surface area contributed by atoms with E-state index in [-0.39, 0.29) is 5.56 Å². The monoisotopic (exact) mass is 158 g/mol. The Kier molecular flexibility index (Phi) is 2.19. The molecule has 0 saturated carbocycles. The van der Waals surface area contributed by atoms with E-state index < -0.39 is 18.2 Å². The number of aliphatic hydroxyl groups is 1. The summed E-state index contributed by atoms with van der Waals surface area (Å²) in [7, 11) is 0. The molecule has 0 atom stereocenters. The largest absolute Gasteiger partial charge is 0.392 e. The van der Waals surface area contributed by atoms with Crippen LogP contribution in [0, 0.1) is 18.6 Å². The lowest BCUT2D eigenvalue weighted by molar-refractivity contribution is 0.274. The minimum Gasteiger partial charge on any atom is -0.392 e. The number of aliphatic hydroxyl groups excluding tert-OH is 1. The van der Waals surface area contributed by atoms with Gasteiger partial charge in [-0.3, -0.25) is 0 Å². The van der Waals surface area contributed by atoms with Gasteiger partial charge >= 0.3 is 0 Å². The third-order valence-electron chi connectivity index (χ3n) is 1.54. The van der Waals surface area contributed by atoms with Gasteiger partial charge in [-0.1, -0.05) is 0 Å². The van der Waals surface area contributed by atoms with Crippen molar-refractivity contribution in [3.05, 3.63) is 34.9 Å². The number of aryl methyl sites for hydroxylation is 1. The molecule has 11 heavy (non-hydrogen) atoms. The van der Waals surface area contributed by atoms with Crippen molar-refractivity contribution < 1.29 is 13.9 Å². The first kappa shape index (κ1) is 8.14. The molecular weight excluding hydrogens is 150 g/mol. The van der Waals surface area contributed by atoms with E-state index in [4.69, 9.17) is 5.11 Å².